The first-order chi connectivity index (χ1) is 10.2. The van der Waals surface area contributed by atoms with Gasteiger partial charge in [0.15, 0.2) is 0 Å². The van der Waals surface area contributed by atoms with Crippen LogP contribution in [0.25, 0.3) is 11.3 Å². The Morgan fingerprint density at radius 3 is 2.62 bits per heavy atom. The zero-order valence-electron chi connectivity index (χ0n) is 11.1. The van der Waals surface area contributed by atoms with Crippen molar-refractivity contribution < 1.29 is 4.39 Å². The van der Waals surface area contributed by atoms with Gasteiger partial charge in [0.25, 0.3) is 0 Å². The second kappa shape index (κ2) is 6.10. The zero-order valence-corrected chi connectivity index (χ0v) is 12.7. The van der Waals surface area contributed by atoms with E-state index in [1.807, 2.05) is 24.3 Å². The van der Waals surface area contributed by atoms with Gasteiger partial charge in [-0.3, -0.25) is 0 Å². The number of benzene rings is 2. The van der Waals surface area contributed by atoms with Crippen molar-refractivity contribution in [2.75, 3.05) is 5.32 Å². The molecule has 3 nitrogen and oxygen atoms in total. The van der Waals surface area contributed by atoms with Crippen molar-refractivity contribution in [3.8, 4) is 11.3 Å². The first-order valence-corrected chi connectivity index (χ1v) is 7.28. The lowest BCUT2D eigenvalue weighted by Crippen LogP contribution is -1.99. The molecule has 0 unspecified atom stereocenters. The summed E-state index contributed by atoms with van der Waals surface area (Å²) in [7, 11) is 0. The molecule has 0 bridgehead atoms. The SMILES string of the molecule is Fc1ccc(CNc2ccc(-c3cnc[nH]3)cc2)cc1Br. The Balaban J connectivity index is 1.66. The van der Waals surface area contributed by atoms with Crippen LogP contribution in [0.15, 0.2) is 59.5 Å². The van der Waals surface area contributed by atoms with Gasteiger partial charge in [0.2, 0.25) is 0 Å². The number of aromatic nitrogens is 2. The molecular formula is C16H13BrFN3. The van der Waals surface area contributed by atoms with Crippen LogP contribution in [0.1, 0.15) is 5.56 Å². The lowest BCUT2D eigenvalue weighted by molar-refractivity contribution is 0.620. The Bertz CT molecular complexity index is 724. The normalized spacial score (nSPS) is 10.6. The van der Waals surface area contributed by atoms with Crippen LogP contribution in [0.2, 0.25) is 0 Å². The number of halogens is 2. The summed E-state index contributed by atoms with van der Waals surface area (Å²) in [6.07, 6.45) is 3.45. The van der Waals surface area contributed by atoms with Crippen molar-refractivity contribution in [2.45, 2.75) is 6.54 Å². The molecule has 2 N–H and O–H groups in total. The van der Waals surface area contributed by atoms with Gasteiger partial charge in [-0.2, -0.15) is 0 Å². The average molecular weight is 346 g/mol. The minimum atomic E-state index is -0.248. The number of anilines is 1. The lowest BCUT2D eigenvalue weighted by atomic mass is 10.1. The van der Waals surface area contributed by atoms with Gasteiger partial charge in [0.1, 0.15) is 5.82 Å². The molecule has 5 heteroatoms. The van der Waals surface area contributed by atoms with Gasteiger partial charge in [-0.15, -0.1) is 0 Å². The van der Waals surface area contributed by atoms with E-state index in [1.54, 1.807) is 24.7 Å². The molecule has 21 heavy (non-hydrogen) atoms. The standard InChI is InChI=1S/C16H13BrFN3/c17-14-7-11(1-6-15(14)18)8-20-13-4-2-12(3-5-13)16-9-19-10-21-16/h1-7,9-10,20H,8H2,(H,19,21). The van der Waals surface area contributed by atoms with Crippen LogP contribution in [0, 0.1) is 5.82 Å². The van der Waals surface area contributed by atoms with Crippen molar-refractivity contribution >= 4 is 21.6 Å². The second-order valence-corrected chi connectivity index (χ2v) is 5.50. The molecule has 0 aliphatic carbocycles. The topological polar surface area (TPSA) is 40.7 Å². The summed E-state index contributed by atoms with van der Waals surface area (Å²) < 4.78 is 13.6. The van der Waals surface area contributed by atoms with E-state index in [4.69, 9.17) is 0 Å². The molecule has 0 fully saturated rings. The third kappa shape index (κ3) is 3.31. The second-order valence-electron chi connectivity index (χ2n) is 4.64. The Hall–Kier alpha value is -2.14. The molecule has 0 aliphatic rings. The number of rotatable bonds is 4. The maximum Gasteiger partial charge on any atom is 0.137 e. The van der Waals surface area contributed by atoms with Crippen molar-refractivity contribution in [1.82, 2.24) is 9.97 Å². The summed E-state index contributed by atoms with van der Waals surface area (Å²) in [6, 6.07) is 13.1. The van der Waals surface area contributed by atoms with E-state index in [1.165, 1.54) is 6.07 Å². The zero-order chi connectivity index (χ0) is 14.7. The van der Waals surface area contributed by atoms with Crippen molar-refractivity contribution in [2.24, 2.45) is 0 Å². The van der Waals surface area contributed by atoms with Gasteiger partial charge in [0.05, 0.1) is 22.7 Å². The molecule has 0 amide bonds. The number of imidazole rings is 1. The largest absolute Gasteiger partial charge is 0.381 e. The van der Waals surface area contributed by atoms with Crippen LogP contribution in [-0.2, 0) is 6.54 Å². The fourth-order valence-electron chi connectivity index (χ4n) is 2.04. The van der Waals surface area contributed by atoms with Gasteiger partial charge in [-0.05, 0) is 51.3 Å². The quantitative estimate of drug-likeness (QED) is 0.725. The van der Waals surface area contributed by atoms with Crippen LogP contribution in [0.4, 0.5) is 10.1 Å². The molecule has 0 atom stereocenters. The molecular weight excluding hydrogens is 333 g/mol. The molecule has 2 aromatic carbocycles. The fraction of sp³-hybridized carbons (Fsp3) is 0.0625. The van der Waals surface area contributed by atoms with E-state index in [2.05, 4.69) is 31.2 Å². The summed E-state index contributed by atoms with van der Waals surface area (Å²) in [5, 5.41) is 3.31. The molecule has 0 saturated heterocycles. The van der Waals surface area contributed by atoms with Gasteiger partial charge < -0.3 is 10.3 Å². The maximum atomic E-state index is 13.2. The summed E-state index contributed by atoms with van der Waals surface area (Å²) >= 11 is 3.19. The third-order valence-electron chi connectivity index (χ3n) is 3.17. The first-order valence-electron chi connectivity index (χ1n) is 6.49. The minimum absolute atomic E-state index is 0.248. The highest BCUT2D eigenvalue weighted by Crippen LogP contribution is 2.20. The highest BCUT2D eigenvalue weighted by atomic mass is 79.9. The van der Waals surface area contributed by atoms with Crippen LogP contribution >= 0.6 is 15.9 Å². The maximum absolute atomic E-state index is 13.2. The van der Waals surface area contributed by atoms with E-state index in [0.717, 1.165) is 22.5 Å². The van der Waals surface area contributed by atoms with Gasteiger partial charge >= 0.3 is 0 Å². The fourth-order valence-corrected chi connectivity index (χ4v) is 2.46. The molecule has 3 aromatic rings. The van der Waals surface area contributed by atoms with Crippen molar-refractivity contribution in [3.05, 3.63) is 70.8 Å². The van der Waals surface area contributed by atoms with Crippen LogP contribution < -0.4 is 5.32 Å². The predicted octanol–water partition coefficient (Wildman–Crippen LogP) is 4.59. The summed E-state index contributed by atoms with van der Waals surface area (Å²) in [5.74, 6) is -0.248. The molecule has 0 spiro atoms. The molecule has 0 saturated carbocycles. The minimum Gasteiger partial charge on any atom is -0.381 e. The Morgan fingerprint density at radius 1 is 1.14 bits per heavy atom. The highest BCUT2D eigenvalue weighted by Gasteiger charge is 2.02. The summed E-state index contributed by atoms with van der Waals surface area (Å²) in [6.45, 7) is 0.641. The lowest BCUT2D eigenvalue weighted by Gasteiger charge is -2.08. The summed E-state index contributed by atoms with van der Waals surface area (Å²) in [4.78, 5) is 7.08. The average Bonchev–Trinajstić information content (AvgIpc) is 3.03. The van der Waals surface area contributed by atoms with Crippen molar-refractivity contribution in [1.29, 1.82) is 0 Å². The molecule has 1 aromatic heterocycles. The van der Waals surface area contributed by atoms with Crippen LogP contribution in [0.5, 0.6) is 0 Å². The number of nitrogens with one attached hydrogen (secondary N) is 2. The third-order valence-corrected chi connectivity index (χ3v) is 3.78. The summed E-state index contributed by atoms with van der Waals surface area (Å²) in [5.41, 5.74) is 4.10. The van der Waals surface area contributed by atoms with Crippen LogP contribution in [-0.4, -0.2) is 9.97 Å². The number of H-pyrrole nitrogens is 1. The molecule has 0 radical (unpaired) electrons. The smallest absolute Gasteiger partial charge is 0.137 e. The first kappa shape index (κ1) is 13.8. The van der Waals surface area contributed by atoms with E-state index in [9.17, 15) is 4.39 Å². The van der Waals surface area contributed by atoms with Gasteiger partial charge in [-0.25, -0.2) is 9.37 Å². The number of nitrogens with zero attached hydrogens (tertiary/aromatic N) is 1. The molecule has 106 valence electrons. The molecule has 0 aliphatic heterocycles. The van der Waals surface area contributed by atoms with Crippen LogP contribution in [0.3, 0.4) is 0 Å². The monoisotopic (exact) mass is 345 g/mol. The van der Waals surface area contributed by atoms with E-state index in [-0.39, 0.29) is 5.82 Å². The van der Waals surface area contributed by atoms with E-state index >= 15 is 0 Å². The number of aromatic amines is 1. The Labute approximate surface area is 130 Å². The Morgan fingerprint density at radius 2 is 1.95 bits per heavy atom. The number of hydrogen-bond acceptors (Lipinski definition) is 2. The van der Waals surface area contributed by atoms with Gasteiger partial charge in [0, 0.05) is 12.2 Å². The Kier molecular flexibility index (Phi) is 4.01. The molecule has 3 rings (SSSR count). The van der Waals surface area contributed by atoms with Crippen molar-refractivity contribution in [3.63, 3.8) is 0 Å². The van der Waals surface area contributed by atoms with E-state index in [0.29, 0.717) is 11.0 Å². The number of hydrogen-bond donors (Lipinski definition) is 2. The molecule has 1 heterocycles. The van der Waals surface area contributed by atoms with Gasteiger partial charge in [-0.1, -0.05) is 18.2 Å². The van der Waals surface area contributed by atoms with E-state index < -0.39 is 0 Å². The highest BCUT2D eigenvalue weighted by molar-refractivity contribution is 9.10. The predicted molar refractivity (Wildman–Crippen MR) is 85.5 cm³/mol.